The topological polar surface area (TPSA) is 30.0 Å². The molecule has 0 aromatic carbocycles. The van der Waals surface area contributed by atoms with Crippen molar-refractivity contribution in [3.8, 4) is 0 Å². The Morgan fingerprint density at radius 2 is 2.18 bits per heavy atom. The highest BCUT2D eigenvalue weighted by Crippen LogP contribution is 2.32. The third-order valence-electron chi connectivity index (χ3n) is 1.94. The average Bonchev–Trinajstić information content (AvgIpc) is 2.85. The molecule has 0 atom stereocenters. The van der Waals surface area contributed by atoms with E-state index in [1.807, 2.05) is 5.38 Å². The van der Waals surface area contributed by atoms with Gasteiger partial charge in [-0.05, 0) is 11.4 Å². The molecule has 0 saturated heterocycles. The first-order valence-electron chi connectivity index (χ1n) is 4.55. The van der Waals surface area contributed by atoms with Crippen LogP contribution in [0.2, 0.25) is 0 Å². The van der Waals surface area contributed by atoms with Gasteiger partial charge in [0.1, 0.15) is 0 Å². The van der Waals surface area contributed by atoms with Gasteiger partial charge in [0.2, 0.25) is 0 Å². The number of halogens is 3. The lowest BCUT2D eigenvalue weighted by Crippen LogP contribution is -2.03. The molecule has 2 aromatic heterocycles. The molecule has 0 bridgehead atoms. The number of Topliss-reactive ketones (excluding diaryl/α,β-unsaturated/α-hetero) is 1. The summed E-state index contributed by atoms with van der Waals surface area (Å²) in [6.45, 7) is 0. The van der Waals surface area contributed by atoms with Gasteiger partial charge in [0, 0.05) is 17.5 Å². The summed E-state index contributed by atoms with van der Waals surface area (Å²) < 4.78 is 36.8. The van der Waals surface area contributed by atoms with Crippen LogP contribution in [0.15, 0.2) is 23.7 Å². The van der Waals surface area contributed by atoms with Crippen LogP contribution in [0.4, 0.5) is 13.2 Å². The number of thiophene rings is 1. The van der Waals surface area contributed by atoms with E-state index in [1.54, 1.807) is 12.1 Å². The molecule has 7 heteroatoms. The standard InChI is InChI=1S/C10H6F3NOS2/c11-10(12,13)9-14-5-8(17-9)7(15)4-6-2-1-3-16-6/h1-3,5H,4H2. The smallest absolute Gasteiger partial charge is 0.293 e. The van der Waals surface area contributed by atoms with Gasteiger partial charge in [-0.3, -0.25) is 4.79 Å². The second-order valence-electron chi connectivity index (χ2n) is 3.21. The van der Waals surface area contributed by atoms with E-state index in [2.05, 4.69) is 4.98 Å². The number of thiazole rings is 1. The Morgan fingerprint density at radius 1 is 1.41 bits per heavy atom. The number of aromatic nitrogens is 1. The zero-order valence-corrected chi connectivity index (χ0v) is 9.96. The molecule has 0 fully saturated rings. The van der Waals surface area contributed by atoms with Crippen molar-refractivity contribution >= 4 is 28.5 Å². The van der Waals surface area contributed by atoms with E-state index in [4.69, 9.17) is 0 Å². The third kappa shape index (κ3) is 2.92. The van der Waals surface area contributed by atoms with Gasteiger partial charge in [0.15, 0.2) is 10.8 Å². The molecule has 0 amide bonds. The van der Waals surface area contributed by atoms with Crippen LogP contribution in [0, 0.1) is 0 Å². The quantitative estimate of drug-likeness (QED) is 0.802. The molecule has 2 aromatic rings. The molecule has 0 aliphatic carbocycles. The van der Waals surface area contributed by atoms with Crippen LogP contribution in [0.1, 0.15) is 19.6 Å². The average molecular weight is 277 g/mol. The van der Waals surface area contributed by atoms with E-state index in [-0.39, 0.29) is 17.1 Å². The summed E-state index contributed by atoms with van der Waals surface area (Å²) in [5.41, 5.74) is 0. The number of alkyl halides is 3. The first kappa shape index (κ1) is 12.3. The van der Waals surface area contributed by atoms with Gasteiger partial charge >= 0.3 is 6.18 Å². The van der Waals surface area contributed by atoms with Crippen molar-refractivity contribution in [1.29, 1.82) is 0 Å². The summed E-state index contributed by atoms with van der Waals surface area (Å²) in [6.07, 6.45) is -3.37. The zero-order valence-electron chi connectivity index (χ0n) is 8.32. The molecule has 0 unspecified atom stereocenters. The Labute approximate surface area is 103 Å². The molecule has 2 rings (SSSR count). The van der Waals surface area contributed by atoms with Crippen LogP contribution in [0.5, 0.6) is 0 Å². The summed E-state index contributed by atoms with van der Waals surface area (Å²) in [5, 5.41) is 0.836. The van der Waals surface area contributed by atoms with Gasteiger partial charge in [-0.1, -0.05) is 6.07 Å². The highest BCUT2D eigenvalue weighted by Gasteiger charge is 2.35. The van der Waals surface area contributed by atoms with Crippen molar-refractivity contribution in [1.82, 2.24) is 4.98 Å². The molecular weight excluding hydrogens is 271 g/mol. The predicted octanol–water partition coefficient (Wildman–Crippen LogP) is 3.65. The van der Waals surface area contributed by atoms with Crippen LogP contribution < -0.4 is 0 Å². The summed E-state index contributed by atoms with van der Waals surface area (Å²) >= 11 is 1.79. The largest absolute Gasteiger partial charge is 0.443 e. The van der Waals surface area contributed by atoms with Gasteiger partial charge < -0.3 is 0 Å². The number of hydrogen-bond donors (Lipinski definition) is 0. The molecule has 0 saturated carbocycles. The maximum Gasteiger partial charge on any atom is 0.443 e. The number of nitrogens with zero attached hydrogens (tertiary/aromatic N) is 1. The molecule has 0 aliphatic rings. The number of hydrogen-bond acceptors (Lipinski definition) is 4. The first-order valence-corrected chi connectivity index (χ1v) is 6.25. The second kappa shape index (κ2) is 4.58. The van der Waals surface area contributed by atoms with Crippen LogP contribution in [0.25, 0.3) is 0 Å². The maximum absolute atomic E-state index is 12.3. The first-order chi connectivity index (χ1) is 7.97. The molecular formula is C10H6F3NOS2. The normalized spacial score (nSPS) is 11.7. The maximum atomic E-state index is 12.3. The molecule has 2 nitrogen and oxygen atoms in total. The van der Waals surface area contributed by atoms with Gasteiger partial charge in [-0.15, -0.1) is 22.7 Å². The number of ketones is 1. The predicted molar refractivity (Wildman–Crippen MR) is 59.5 cm³/mol. The molecule has 17 heavy (non-hydrogen) atoms. The Bertz CT molecular complexity index is 516. The Hall–Kier alpha value is -1.21. The monoisotopic (exact) mass is 277 g/mol. The molecule has 90 valence electrons. The highest BCUT2D eigenvalue weighted by molar-refractivity contribution is 7.14. The van der Waals surface area contributed by atoms with Crippen molar-refractivity contribution in [3.05, 3.63) is 38.5 Å². The zero-order chi connectivity index (χ0) is 12.5. The molecule has 0 spiro atoms. The van der Waals surface area contributed by atoms with E-state index in [0.717, 1.165) is 11.1 Å². The Kier molecular flexibility index (Phi) is 3.30. The number of carbonyl (C=O) groups is 1. The summed E-state index contributed by atoms with van der Waals surface area (Å²) in [5.74, 6) is -0.333. The van der Waals surface area contributed by atoms with Crippen molar-refractivity contribution in [2.24, 2.45) is 0 Å². The van der Waals surface area contributed by atoms with E-state index < -0.39 is 11.2 Å². The van der Waals surface area contributed by atoms with E-state index >= 15 is 0 Å². The van der Waals surface area contributed by atoms with Crippen molar-refractivity contribution in [2.45, 2.75) is 12.6 Å². The molecule has 0 N–H and O–H groups in total. The number of carbonyl (C=O) groups excluding carboxylic acids is 1. The lowest BCUT2D eigenvalue weighted by molar-refractivity contribution is -0.137. The van der Waals surface area contributed by atoms with Crippen molar-refractivity contribution < 1.29 is 18.0 Å². The van der Waals surface area contributed by atoms with Crippen LogP contribution >= 0.6 is 22.7 Å². The SMILES string of the molecule is O=C(Cc1cccs1)c1cnc(C(F)(F)F)s1. The fourth-order valence-corrected chi connectivity index (χ4v) is 2.62. The minimum absolute atomic E-state index is 0.0470. The third-order valence-corrected chi connectivity index (χ3v) is 3.90. The van der Waals surface area contributed by atoms with Crippen LogP contribution in [-0.4, -0.2) is 10.8 Å². The van der Waals surface area contributed by atoms with E-state index in [9.17, 15) is 18.0 Å². The van der Waals surface area contributed by atoms with Gasteiger partial charge in [-0.2, -0.15) is 13.2 Å². The van der Waals surface area contributed by atoms with Crippen LogP contribution in [-0.2, 0) is 12.6 Å². The summed E-state index contributed by atoms with van der Waals surface area (Å²) in [6, 6.07) is 3.56. The number of rotatable bonds is 3. The lowest BCUT2D eigenvalue weighted by atomic mass is 10.2. The van der Waals surface area contributed by atoms with Gasteiger partial charge in [0.05, 0.1) is 4.88 Å². The fourth-order valence-electron chi connectivity index (χ4n) is 1.19. The lowest BCUT2D eigenvalue weighted by Gasteiger charge is -1.98. The van der Waals surface area contributed by atoms with Crippen molar-refractivity contribution in [3.63, 3.8) is 0 Å². The van der Waals surface area contributed by atoms with Gasteiger partial charge in [-0.25, -0.2) is 4.98 Å². The summed E-state index contributed by atoms with van der Waals surface area (Å²) in [4.78, 5) is 15.8. The molecule has 0 aliphatic heterocycles. The molecule has 0 radical (unpaired) electrons. The fraction of sp³-hybridized carbons (Fsp3) is 0.200. The minimum atomic E-state index is -4.48. The Balaban J connectivity index is 2.13. The van der Waals surface area contributed by atoms with Crippen LogP contribution in [0.3, 0.4) is 0 Å². The van der Waals surface area contributed by atoms with Gasteiger partial charge in [0.25, 0.3) is 0 Å². The molecule has 2 heterocycles. The van der Waals surface area contributed by atoms with E-state index in [1.165, 1.54) is 11.3 Å². The van der Waals surface area contributed by atoms with E-state index in [0.29, 0.717) is 11.3 Å². The summed E-state index contributed by atoms with van der Waals surface area (Å²) in [7, 11) is 0. The highest BCUT2D eigenvalue weighted by atomic mass is 32.1. The minimum Gasteiger partial charge on any atom is -0.293 e. The second-order valence-corrected chi connectivity index (χ2v) is 5.27. The van der Waals surface area contributed by atoms with Crippen molar-refractivity contribution in [2.75, 3.05) is 0 Å². The Morgan fingerprint density at radius 3 is 2.71 bits per heavy atom.